The van der Waals surface area contributed by atoms with E-state index in [4.69, 9.17) is 9.47 Å². The Morgan fingerprint density at radius 1 is 1.42 bits per heavy atom. The van der Waals surface area contributed by atoms with E-state index in [-0.39, 0.29) is 23.0 Å². The molecule has 2 aliphatic rings. The SMILES string of the molecule is COC(=O)C1=CC(=C=O)C(OCC2CCN(S(C)(=O)=O)CC2)=CO1. The minimum Gasteiger partial charge on any atom is -0.489 e. The number of allylic oxidation sites excluding steroid dienone is 1. The van der Waals surface area contributed by atoms with E-state index < -0.39 is 16.0 Å². The molecule has 2 heterocycles. The lowest BCUT2D eigenvalue weighted by Crippen LogP contribution is -2.38. The van der Waals surface area contributed by atoms with Crippen LogP contribution in [0, 0.1) is 5.92 Å². The first-order chi connectivity index (χ1) is 11.3. The maximum absolute atomic E-state index is 11.5. The zero-order valence-electron chi connectivity index (χ0n) is 13.5. The number of carbonyl (C=O) groups is 1. The fourth-order valence-corrected chi connectivity index (χ4v) is 3.31. The zero-order valence-corrected chi connectivity index (χ0v) is 14.3. The maximum Gasteiger partial charge on any atom is 0.373 e. The minimum absolute atomic E-state index is 0.0650. The summed E-state index contributed by atoms with van der Waals surface area (Å²) < 4.78 is 39.6. The number of sulfonamides is 1. The second kappa shape index (κ2) is 7.65. The Hall–Kier alpha value is -2.09. The quantitative estimate of drug-likeness (QED) is 0.517. The first-order valence-corrected chi connectivity index (χ1v) is 9.20. The third-order valence-electron chi connectivity index (χ3n) is 3.85. The molecule has 0 aromatic carbocycles. The van der Waals surface area contributed by atoms with E-state index >= 15 is 0 Å². The molecule has 2 aliphatic heterocycles. The van der Waals surface area contributed by atoms with E-state index in [2.05, 4.69) is 4.74 Å². The molecule has 0 unspecified atom stereocenters. The molecule has 9 heteroatoms. The van der Waals surface area contributed by atoms with Crippen molar-refractivity contribution in [3.63, 3.8) is 0 Å². The van der Waals surface area contributed by atoms with Crippen molar-refractivity contribution in [3.8, 4) is 0 Å². The Balaban J connectivity index is 1.89. The fraction of sp³-hybridized carbons (Fsp3) is 0.533. The summed E-state index contributed by atoms with van der Waals surface area (Å²) in [4.78, 5) is 22.4. The lowest BCUT2D eigenvalue weighted by Gasteiger charge is -2.30. The minimum atomic E-state index is -3.16. The molecule has 0 aromatic heterocycles. The fourth-order valence-electron chi connectivity index (χ4n) is 2.43. The van der Waals surface area contributed by atoms with Gasteiger partial charge in [-0.05, 0) is 18.8 Å². The lowest BCUT2D eigenvalue weighted by molar-refractivity contribution is -0.139. The second-order valence-electron chi connectivity index (χ2n) is 5.53. The van der Waals surface area contributed by atoms with Crippen molar-refractivity contribution < 1.29 is 32.2 Å². The Bertz CT molecular complexity index is 708. The second-order valence-corrected chi connectivity index (χ2v) is 7.51. The molecule has 132 valence electrons. The van der Waals surface area contributed by atoms with Crippen LogP contribution in [0.3, 0.4) is 0 Å². The highest BCUT2D eigenvalue weighted by Crippen LogP contribution is 2.24. The van der Waals surface area contributed by atoms with Crippen LogP contribution in [0.2, 0.25) is 0 Å². The van der Waals surface area contributed by atoms with Crippen LogP contribution in [0.15, 0.2) is 29.4 Å². The van der Waals surface area contributed by atoms with Crippen molar-refractivity contribution in [3.05, 3.63) is 29.4 Å². The number of carbonyl (C=O) groups excluding carboxylic acids is 2. The molecule has 1 saturated heterocycles. The molecule has 24 heavy (non-hydrogen) atoms. The predicted molar refractivity (Wildman–Crippen MR) is 83.6 cm³/mol. The number of esters is 1. The van der Waals surface area contributed by atoms with E-state index in [0.29, 0.717) is 32.5 Å². The van der Waals surface area contributed by atoms with E-state index in [1.54, 1.807) is 5.94 Å². The van der Waals surface area contributed by atoms with Gasteiger partial charge < -0.3 is 14.2 Å². The van der Waals surface area contributed by atoms with Gasteiger partial charge in [0.05, 0.1) is 20.0 Å². The molecule has 0 spiro atoms. The summed E-state index contributed by atoms with van der Waals surface area (Å²) in [6.45, 7) is 1.22. The smallest absolute Gasteiger partial charge is 0.373 e. The van der Waals surface area contributed by atoms with Crippen LogP contribution in [0.1, 0.15) is 12.8 Å². The van der Waals surface area contributed by atoms with Gasteiger partial charge in [-0.25, -0.2) is 22.3 Å². The van der Waals surface area contributed by atoms with Gasteiger partial charge in [-0.2, -0.15) is 0 Å². The molecule has 2 rings (SSSR count). The molecule has 0 N–H and O–H groups in total. The molecular weight excluding hydrogens is 338 g/mol. The third-order valence-corrected chi connectivity index (χ3v) is 5.15. The number of methoxy groups -OCH3 is 1. The highest BCUT2D eigenvalue weighted by Gasteiger charge is 2.26. The summed E-state index contributed by atoms with van der Waals surface area (Å²) >= 11 is 0. The van der Waals surface area contributed by atoms with Gasteiger partial charge in [0.1, 0.15) is 17.8 Å². The molecular formula is C15H19NO7S. The molecule has 0 amide bonds. The van der Waals surface area contributed by atoms with Crippen molar-refractivity contribution in [2.75, 3.05) is 33.1 Å². The summed E-state index contributed by atoms with van der Waals surface area (Å²) in [5.41, 5.74) is 0.0650. The van der Waals surface area contributed by atoms with E-state index in [9.17, 15) is 18.0 Å². The first kappa shape index (κ1) is 18.3. The molecule has 8 nitrogen and oxygen atoms in total. The number of hydrogen-bond donors (Lipinski definition) is 0. The van der Waals surface area contributed by atoms with Crippen LogP contribution in [-0.2, 0) is 33.8 Å². The molecule has 0 atom stereocenters. The average molecular weight is 357 g/mol. The Kier molecular flexibility index (Phi) is 5.82. The van der Waals surface area contributed by atoms with Crippen LogP contribution in [0.4, 0.5) is 0 Å². The summed E-state index contributed by atoms with van der Waals surface area (Å²) in [5.74, 6) is 1.23. The highest BCUT2D eigenvalue weighted by atomic mass is 32.2. The molecule has 1 fully saturated rings. The number of ether oxygens (including phenoxy) is 3. The van der Waals surface area contributed by atoms with Gasteiger partial charge >= 0.3 is 5.97 Å². The third kappa shape index (κ3) is 4.47. The highest BCUT2D eigenvalue weighted by molar-refractivity contribution is 7.88. The van der Waals surface area contributed by atoms with Crippen molar-refractivity contribution in [2.24, 2.45) is 5.92 Å². The largest absolute Gasteiger partial charge is 0.489 e. The monoisotopic (exact) mass is 357 g/mol. The number of rotatable bonds is 5. The summed E-state index contributed by atoms with van der Waals surface area (Å²) in [5, 5.41) is 0. The summed E-state index contributed by atoms with van der Waals surface area (Å²) in [6, 6.07) is 0. The van der Waals surface area contributed by atoms with Gasteiger partial charge in [-0.3, -0.25) is 0 Å². The molecule has 0 radical (unpaired) electrons. The van der Waals surface area contributed by atoms with Gasteiger partial charge in [0, 0.05) is 19.2 Å². The molecule has 0 aliphatic carbocycles. The lowest BCUT2D eigenvalue weighted by atomic mass is 9.99. The maximum atomic E-state index is 11.5. The number of nitrogens with zero attached hydrogens (tertiary/aromatic N) is 1. The zero-order chi connectivity index (χ0) is 17.7. The summed E-state index contributed by atoms with van der Waals surface area (Å²) in [7, 11) is -1.96. The van der Waals surface area contributed by atoms with E-state index in [1.165, 1.54) is 23.7 Å². The predicted octanol–water partition coefficient (Wildman–Crippen LogP) is 0.361. The number of hydrogen-bond acceptors (Lipinski definition) is 7. The topological polar surface area (TPSA) is 99.2 Å². The van der Waals surface area contributed by atoms with Crippen molar-refractivity contribution in [1.29, 1.82) is 0 Å². The van der Waals surface area contributed by atoms with Gasteiger partial charge in [0.2, 0.25) is 15.8 Å². The molecule has 0 aromatic rings. The van der Waals surface area contributed by atoms with Crippen LogP contribution in [-0.4, -0.2) is 57.7 Å². The Morgan fingerprint density at radius 2 is 2.08 bits per heavy atom. The van der Waals surface area contributed by atoms with E-state index in [1.807, 2.05) is 0 Å². The van der Waals surface area contributed by atoms with Crippen molar-refractivity contribution >= 4 is 21.9 Å². The van der Waals surface area contributed by atoms with Gasteiger partial charge in [-0.1, -0.05) is 0 Å². The molecule has 0 saturated carbocycles. The summed E-state index contributed by atoms with van der Waals surface area (Å²) in [6.07, 6.45) is 4.91. The van der Waals surface area contributed by atoms with Crippen molar-refractivity contribution in [1.82, 2.24) is 4.31 Å². The van der Waals surface area contributed by atoms with Crippen molar-refractivity contribution in [2.45, 2.75) is 12.8 Å². The first-order valence-electron chi connectivity index (χ1n) is 7.35. The standard InChI is InChI=1S/C15H19NO7S/c1-21-15(18)13-7-12(8-17)14(10-23-13)22-9-11-3-5-16(6-4-11)24(2,19)20/h7,10-11H,3-6,9H2,1-2H3. The van der Waals surface area contributed by atoms with Gasteiger partial charge in [0.15, 0.2) is 5.76 Å². The van der Waals surface area contributed by atoms with Crippen LogP contribution < -0.4 is 0 Å². The Morgan fingerprint density at radius 3 is 2.62 bits per heavy atom. The number of piperidine rings is 1. The van der Waals surface area contributed by atoms with E-state index in [0.717, 1.165) is 6.26 Å². The van der Waals surface area contributed by atoms with Crippen LogP contribution in [0.5, 0.6) is 0 Å². The Labute approximate surface area is 140 Å². The molecule has 0 bridgehead atoms. The van der Waals surface area contributed by atoms with Gasteiger partial charge in [-0.15, -0.1) is 0 Å². The van der Waals surface area contributed by atoms with Gasteiger partial charge in [0.25, 0.3) is 0 Å². The van der Waals surface area contributed by atoms with Crippen LogP contribution >= 0.6 is 0 Å². The van der Waals surface area contributed by atoms with Crippen LogP contribution in [0.25, 0.3) is 0 Å². The normalized spacial score (nSPS) is 19.7. The average Bonchev–Trinajstić information content (AvgIpc) is 2.58.